The summed E-state index contributed by atoms with van der Waals surface area (Å²) in [6.45, 7) is 0. The van der Waals surface area contributed by atoms with Crippen LogP contribution in [-0.4, -0.2) is 24.0 Å². The molecule has 0 saturated carbocycles. The van der Waals surface area contributed by atoms with Crippen LogP contribution in [0.3, 0.4) is 0 Å². The Bertz CT molecular complexity index is 892. The van der Waals surface area contributed by atoms with Gasteiger partial charge in [-0.1, -0.05) is 36.4 Å². The number of anilines is 1. The number of nitrogens with zero attached hydrogens (tertiary/aromatic N) is 1. The number of aryl methyl sites for hydroxylation is 1. The van der Waals surface area contributed by atoms with E-state index >= 15 is 0 Å². The summed E-state index contributed by atoms with van der Waals surface area (Å²) in [4.78, 5) is 28.6. The number of nitrogens with one attached hydrogen (secondary N) is 1. The van der Waals surface area contributed by atoms with Crippen molar-refractivity contribution in [1.29, 1.82) is 0 Å². The van der Waals surface area contributed by atoms with Crippen molar-refractivity contribution < 1.29 is 14.3 Å². The molecule has 0 aliphatic heterocycles. The number of benzene rings is 1. The number of carbonyl (C=O) groups is 2. The summed E-state index contributed by atoms with van der Waals surface area (Å²) in [6.07, 6.45) is 4.34. The van der Waals surface area contributed by atoms with Gasteiger partial charge in [-0.3, -0.25) is 9.78 Å². The SMILES string of the molecule is COC(=O)c1c(-c2ccccc2)csc1NC(=O)CCc1cccnc1. The van der Waals surface area contributed by atoms with Gasteiger partial charge in [-0.2, -0.15) is 0 Å². The number of methoxy groups -OCH3 is 1. The standard InChI is InChI=1S/C20H18N2O3S/c1-25-20(24)18-16(15-7-3-2-4-8-15)13-26-19(18)22-17(23)10-9-14-6-5-11-21-12-14/h2-8,11-13H,9-10H2,1H3,(H,22,23). The minimum absolute atomic E-state index is 0.152. The van der Waals surface area contributed by atoms with Crippen LogP contribution in [0.2, 0.25) is 0 Å². The van der Waals surface area contributed by atoms with Crippen LogP contribution in [0.4, 0.5) is 5.00 Å². The second kappa shape index (κ2) is 8.40. The molecule has 3 rings (SSSR count). The number of ether oxygens (including phenoxy) is 1. The topological polar surface area (TPSA) is 68.3 Å². The van der Waals surface area contributed by atoms with Crippen molar-refractivity contribution in [2.75, 3.05) is 12.4 Å². The van der Waals surface area contributed by atoms with Crippen molar-refractivity contribution in [2.45, 2.75) is 12.8 Å². The van der Waals surface area contributed by atoms with Gasteiger partial charge >= 0.3 is 5.97 Å². The van der Waals surface area contributed by atoms with Gasteiger partial charge in [-0.25, -0.2) is 4.79 Å². The normalized spacial score (nSPS) is 10.3. The highest BCUT2D eigenvalue weighted by atomic mass is 32.1. The van der Waals surface area contributed by atoms with E-state index in [9.17, 15) is 9.59 Å². The smallest absolute Gasteiger partial charge is 0.341 e. The zero-order chi connectivity index (χ0) is 18.4. The second-order valence-corrected chi connectivity index (χ2v) is 6.50. The molecule has 0 fully saturated rings. The number of thiophene rings is 1. The van der Waals surface area contributed by atoms with Crippen LogP contribution in [0.1, 0.15) is 22.3 Å². The van der Waals surface area contributed by atoms with Crippen LogP contribution in [0, 0.1) is 0 Å². The number of rotatable bonds is 6. The van der Waals surface area contributed by atoms with Crippen molar-refractivity contribution in [3.05, 3.63) is 71.4 Å². The van der Waals surface area contributed by atoms with Crippen molar-refractivity contribution in [2.24, 2.45) is 0 Å². The minimum Gasteiger partial charge on any atom is -0.465 e. The van der Waals surface area contributed by atoms with Gasteiger partial charge in [-0.05, 0) is 23.6 Å². The fourth-order valence-corrected chi connectivity index (χ4v) is 3.55. The molecular weight excluding hydrogens is 348 g/mol. The monoisotopic (exact) mass is 366 g/mol. The maximum absolute atomic E-state index is 12.3. The lowest BCUT2D eigenvalue weighted by Gasteiger charge is -2.08. The molecule has 6 heteroatoms. The summed E-state index contributed by atoms with van der Waals surface area (Å²) in [6, 6.07) is 13.3. The summed E-state index contributed by atoms with van der Waals surface area (Å²) in [7, 11) is 1.34. The molecule has 2 aromatic heterocycles. The van der Waals surface area contributed by atoms with Gasteiger partial charge in [0.15, 0.2) is 0 Å². The number of carbonyl (C=O) groups excluding carboxylic acids is 2. The predicted octanol–water partition coefficient (Wildman–Crippen LogP) is 4.17. The van der Waals surface area contributed by atoms with E-state index in [4.69, 9.17) is 4.74 Å². The minimum atomic E-state index is -0.465. The molecule has 0 atom stereocenters. The molecule has 5 nitrogen and oxygen atoms in total. The van der Waals surface area contributed by atoms with Gasteiger partial charge in [0.1, 0.15) is 10.6 Å². The number of esters is 1. The molecule has 26 heavy (non-hydrogen) atoms. The van der Waals surface area contributed by atoms with Gasteiger partial charge < -0.3 is 10.1 Å². The predicted molar refractivity (Wildman–Crippen MR) is 102 cm³/mol. The van der Waals surface area contributed by atoms with Crippen LogP contribution in [0.5, 0.6) is 0 Å². The van der Waals surface area contributed by atoms with E-state index in [-0.39, 0.29) is 5.91 Å². The Morgan fingerprint density at radius 3 is 2.65 bits per heavy atom. The molecule has 3 aromatic rings. The molecule has 0 spiro atoms. The van der Waals surface area contributed by atoms with E-state index in [1.807, 2.05) is 47.8 Å². The third-order valence-corrected chi connectivity index (χ3v) is 4.78. The van der Waals surface area contributed by atoms with Crippen LogP contribution in [0.25, 0.3) is 11.1 Å². The fraction of sp³-hybridized carbons (Fsp3) is 0.150. The highest BCUT2D eigenvalue weighted by Gasteiger charge is 2.22. The van der Waals surface area contributed by atoms with Gasteiger partial charge in [-0.15, -0.1) is 11.3 Å². The second-order valence-electron chi connectivity index (χ2n) is 5.62. The lowest BCUT2D eigenvalue weighted by atomic mass is 10.0. The van der Waals surface area contributed by atoms with Gasteiger partial charge in [0.25, 0.3) is 0 Å². The Morgan fingerprint density at radius 2 is 1.96 bits per heavy atom. The zero-order valence-corrected chi connectivity index (χ0v) is 15.1. The number of aromatic nitrogens is 1. The Labute approximate surface area is 155 Å². The van der Waals surface area contributed by atoms with Crippen LogP contribution >= 0.6 is 11.3 Å². The number of hydrogen-bond acceptors (Lipinski definition) is 5. The molecule has 0 radical (unpaired) electrons. The van der Waals surface area contributed by atoms with Crippen molar-refractivity contribution in [3.8, 4) is 11.1 Å². The molecule has 0 bridgehead atoms. The first-order chi connectivity index (χ1) is 12.7. The Hall–Kier alpha value is -2.99. The zero-order valence-electron chi connectivity index (χ0n) is 14.3. The molecule has 132 valence electrons. The van der Waals surface area contributed by atoms with E-state index in [0.717, 1.165) is 16.7 Å². The van der Waals surface area contributed by atoms with Gasteiger partial charge in [0.05, 0.1) is 7.11 Å². The third kappa shape index (κ3) is 4.15. The summed E-state index contributed by atoms with van der Waals surface area (Å²) in [5.41, 5.74) is 3.04. The fourth-order valence-electron chi connectivity index (χ4n) is 2.58. The highest BCUT2D eigenvalue weighted by molar-refractivity contribution is 7.15. The summed E-state index contributed by atoms with van der Waals surface area (Å²) in [5.74, 6) is -0.617. The molecule has 1 aromatic carbocycles. The molecular formula is C20H18N2O3S. The van der Waals surface area contributed by atoms with Crippen LogP contribution in [-0.2, 0) is 16.0 Å². The molecule has 0 aliphatic carbocycles. The first-order valence-electron chi connectivity index (χ1n) is 8.13. The van der Waals surface area contributed by atoms with E-state index < -0.39 is 5.97 Å². The number of pyridine rings is 1. The van der Waals surface area contributed by atoms with Crippen molar-refractivity contribution >= 4 is 28.2 Å². The maximum Gasteiger partial charge on any atom is 0.341 e. The van der Waals surface area contributed by atoms with E-state index in [1.54, 1.807) is 12.4 Å². The number of hydrogen-bond donors (Lipinski definition) is 1. The Kier molecular flexibility index (Phi) is 5.76. The summed E-state index contributed by atoms with van der Waals surface area (Å²) in [5, 5.41) is 5.21. The van der Waals surface area contributed by atoms with Crippen molar-refractivity contribution in [3.63, 3.8) is 0 Å². The molecule has 1 N–H and O–H groups in total. The Morgan fingerprint density at radius 1 is 1.15 bits per heavy atom. The van der Waals surface area contributed by atoms with E-state index in [0.29, 0.717) is 23.4 Å². The quantitative estimate of drug-likeness (QED) is 0.665. The average molecular weight is 366 g/mol. The Balaban J connectivity index is 1.78. The van der Waals surface area contributed by atoms with Crippen LogP contribution in [0.15, 0.2) is 60.2 Å². The highest BCUT2D eigenvalue weighted by Crippen LogP contribution is 2.36. The van der Waals surface area contributed by atoms with E-state index in [2.05, 4.69) is 10.3 Å². The first kappa shape index (κ1) is 17.8. The summed E-state index contributed by atoms with van der Waals surface area (Å²) >= 11 is 1.32. The lowest BCUT2D eigenvalue weighted by molar-refractivity contribution is -0.116. The molecule has 2 heterocycles. The molecule has 0 unspecified atom stereocenters. The first-order valence-corrected chi connectivity index (χ1v) is 9.01. The van der Waals surface area contributed by atoms with Gasteiger partial charge in [0, 0.05) is 29.8 Å². The van der Waals surface area contributed by atoms with E-state index in [1.165, 1.54) is 18.4 Å². The molecule has 0 aliphatic rings. The van der Waals surface area contributed by atoms with Crippen molar-refractivity contribution in [1.82, 2.24) is 4.98 Å². The summed E-state index contributed by atoms with van der Waals surface area (Å²) < 4.78 is 4.92. The maximum atomic E-state index is 12.3. The lowest BCUT2D eigenvalue weighted by Crippen LogP contribution is -2.14. The largest absolute Gasteiger partial charge is 0.465 e. The third-order valence-electron chi connectivity index (χ3n) is 3.88. The molecule has 1 amide bonds. The number of amides is 1. The average Bonchev–Trinajstić information content (AvgIpc) is 3.10. The molecule has 0 saturated heterocycles. The van der Waals surface area contributed by atoms with Crippen LogP contribution < -0.4 is 5.32 Å². The van der Waals surface area contributed by atoms with Gasteiger partial charge in [0.2, 0.25) is 5.91 Å².